The zero-order valence-electron chi connectivity index (χ0n) is 17.8. The Hall–Kier alpha value is -3.64. The third kappa shape index (κ3) is 4.09. The minimum absolute atomic E-state index is 0.0327. The number of para-hydroxylation sites is 2. The highest BCUT2D eigenvalue weighted by molar-refractivity contribution is 6.08. The number of anilines is 3. The number of hydrogen-bond donors (Lipinski definition) is 2. The van der Waals surface area contributed by atoms with Gasteiger partial charge in [0.15, 0.2) is 0 Å². The lowest BCUT2D eigenvalue weighted by molar-refractivity contribution is 0.0138. The molecule has 1 fully saturated rings. The number of carboxylic acid groups (broad SMARTS) is 2. The molecule has 0 spiro atoms. The van der Waals surface area contributed by atoms with Crippen molar-refractivity contribution in [3.8, 4) is 0 Å². The van der Waals surface area contributed by atoms with Crippen molar-refractivity contribution >= 4 is 29.0 Å². The van der Waals surface area contributed by atoms with E-state index in [9.17, 15) is 19.8 Å². The van der Waals surface area contributed by atoms with Crippen molar-refractivity contribution in [1.82, 2.24) is 0 Å². The van der Waals surface area contributed by atoms with Crippen LogP contribution in [0.15, 0.2) is 66.7 Å². The fraction of sp³-hybridized carbons (Fsp3) is 0.231. The van der Waals surface area contributed by atoms with Gasteiger partial charge >= 0.3 is 11.9 Å². The summed E-state index contributed by atoms with van der Waals surface area (Å²) in [7, 11) is 0. The Morgan fingerprint density at radius 3 is 1.91 bits per heavy atom. The van der Waals surface area contributed by atoms with Gasteiger partial charge in [0.1, 0.15) is 0 Å². The Labute approximate surface area is 186 Å². The normalized spacial score (nSPS) is 15.8. The van der Waals surface area contributed by atoms with Crippen molar-refractivity contribution in [2.24, 2.45) is 0 Å². The average molecular weight is 431 g/mol. The van der Waals surface area contributed by atoms with E-state index < -0.39 is 11.9 Å². The fourth-order valence-electron chi connectivity index (χ4n) is 4.35. The highest BCUT2D eigenvalue weighted by Gasteiger charge is 2.33. The smallest absolute Gasteiger partial charge is 0.338 e. The fourth-order valence-corrected chi connectivity index (χ4v) is 4.35. The van der Waals surface area contributed by atoms with Gasteiger partial charge in [0.2, 0.25) is 0 Å². The van der Waals surface area contributed by atoms with Crippen LogP contribution in [0.3, 0.4) is 0 Å². The molecule has 1 heterocycles. The first-order valence-corrected chi connectivity index (χ1v) is 10.6. The van der Waals surface area contributed by atoms with Gasteiger partial charge in [0.25, 0.3) is 0 Å². The van der Waals surface area contributed by atoms with Crippen LogP contribution in [0.1, 0.15) is 57.2 Å². The van der Waals surface area contributed by atoms with Crippen LogP contribution in [0.4, 0.5) is 17.1 Å². The van der Waals surface area contributed by atoms with Gasteiger partial charge in [-0.05, 0) is 61.6 Å². The van der Waals surface area contributed by atoms with E-state index in [1.54, 1.807) is 17.9 Å². The average Bonchev–Trinajstić information content (AvgIpc) is 2.80. The van der Waals surface area contributed by atoms with Gasteiger partial charge in [-0.3, -0.25) is 0 Å². The van der Waals surface area contributed by atoms with Gasteiger partial charge in [-0.25, -0.2) is 9.59 Å². The number of rotatable bonds is 6. The molecular weight excluding hydrogens is 406 g/mol. The molecule has 0 saturated carbocycles. The minimum Gasteiger partial charge on any atom is -0.478 e. The Balaban J connectivity index is 2.08. The second kappa shape index (κ2) is 9.24. The summed E-state index contributed by atoms with van der Waals surface area (Å²) < 4.78 is 5.93. The SMILES string of the molecule is Cc1cc(C2CCCCO2)c(C(=O)O)c(N(c2ccccc2)c2ccccc2)c1C(=O)O. The van der Waals surface area contributed by atoms with Crippen molar-refractivity contribution in [3.63, 3.8) is 0 Å². The Bertz CT molecular complexity index is 1080. The summed E-state index contributed by atoms with van der Waals surface area (Å²) in [5.41, 5.74) is 2.44. The first-order chi connectivity index (χ1) is 15.5. The Kier molecular flexibility index (Phi) is 6.23. The molecule has 0 amide bonds. The monoisotopic (exact) mass is 431 g/mol. The number of carbonyl (C=O) groups is 2. The van der Waals surface area contributed by atoms with Crippen LogP contribution in [0.2, 0.25) is 0 Å². The predicted molar refractivity (Wildman–Crippen MR) is 122 cm³/mol. The summed E-state index contributed by atoms with van der Waals surface area (Å²) in [6.07, 6.45) is 2.17. The van der Waals surface area contributed by atoms with Crippen LogP contribution < -0.4 is 4.90 Å². The van der Waals surface area contributed by atoms with Gasteiger partial charge in [0, 0.05) is 18.0 Å². The Morgan fingerprint density at radius 1 is 0.875 bits per heavy atom. The molecule has 1 atom stereocenters. The standard InChI is InChI=1S/C26H25NO5/c1-17-16-20(21-14-8-9-15-32-21)23(26(30)31)24(22(17)25(28)29)27(18-10-4-2-5-11-18)19-12-6-3-7-13-19/h2-7,10-13,16,21H,8-9,14-15H2,1H3,(H,28,29)(H,30,31). The summed E-state index contributed by atoms with van der Waals surface area (Å²) >= 11 is 0. The number of hydrogen-bond acceptors (Lipinski definition) is 4. The van der Waals surface area contributed by atoms with Crippen molar-refractivity contribution in [2.75, 3.05) is 11.5 Å². The minimum atomic E-state index is -1.18. The van der Waals surface area contributed by atoms with Gasteiger partial charge in [-0.1, -0.05) is 42.5 Å². The molecule has 1 unspecified atom stereocenters. The van der Waals surface area contributed by atoms with Gasteiger partial charge in [0.05, 0.1) is 22.9 Å². The molecule has 0 radical (unpaired) electrons. The molecule has 3 aromatic carbocycles. The number of nitrogens with zero attached hydrogens (tertiary/aromatic N) is 1. The number of benzene rings is 3. The molecule has 4 rings (SSSR count). The topological polar surface area (TPSA) is 87.1 Å². The molecule has 1 saturated heterocycles. The second-order valence-electron chi connectivity index (χ2n) is 7.85. The van der Waals surface area contributed by atoms with E-state index in [0.717, 1.165) is 12.8 Å². The second-order valence-corrected chi connectivity index (χ2v) is 7.85. The van der Waals surface area contributed by atoms with E-state index in [1.165, 1.54) is 0 Å². The molecule has 6 nitrogen and oxygen atoms in total. The van der Waals surface area contributed by atoms with Gasteiger partial charge in [-0.15, -0.1) is 0 Å². The van der Waals surface area contributed by atoms with Crippen molar-refractivity contribution in [1.29, 1.82) is 0 Å². The van der Waals surface area contributed by atoms with E-state index >= 15 is 0 Å². The Morgan fingerprint density at radius 2 is 1.44 bits per heavy atom. The summed E-state index contributed by atoms with van der Waals surface area (Å²) in [5.74, 6) is -2.35. The lowest BCUT2D eigenvalue weighted by atomic mass is 9.89. The van der Waals surface area contributed by atoms with Crippen molar-refractivity contribution in [2.45, 2.75) is 32.3 Å². The number of aromatic carboxylic acids is 2. The van der Waals surface area contributed by atoms with E-state index in [0.29, 0.717) is 35.5 Å². The molecular formula is C26H25NO5. The van der Waals surface area contributed by atoms with E-state index in [4.69, 9.17) is 4.74 Å². The maximum Gasteiger partial charge on any atom is 0.338 e. The predicted octanol–water partition coefficient (Wildman–Crippen LogP) is 6.10. The molecule has 0 bridgehead atoms. The molecule has 6 heteroatoms. The summed E-state index contributed by atoms with van der Waals surface area (Å²) in [4.78, 5) is 26.8. The maximum absolute atomic E-state index is 12.7. The quantitative estimate of drug-likeness (QED) is 0.490. The van der Waals surface area contributed by atoms with Crippen LogP contribution >= 0.6 is 0 Å². The summed E-state index contributed by atoms with van der Waals surface area (Å²) in [6, 6.07) is 20.1. The number of carboxylic acids is 2. The van der Waals surface area contributed by atoms with Crippen LogP contribution in [0.5, 0.6) is 0 Å². The zero-order valence-corrected chi connectivity index (χ0v) is 17.8. The van der Waals surface area contributed by atoms with Crippen molar-refractivity contribution < 1.29 is 24.5 Å². The number of aryl methyl sites for hydroxylation is 1. The van der Waals surface area contributed by atoms with Crippen LogP contribution in [-0.4, -0.2) is 28.8 Å². The highest BCUT2D eigenvalue weighted by Crippen LogP contribution is 2.44. The zero-order chi connectivity index (χ0) is 22.7. The highest BCUT2D eigenvalue weighted by atomic mass is 16.5. The lowest BCUT2D eigenvalue weighted by Crippen LogP contribution is -2.23. The molecule has 1 aliphatic heterocycles. The molecule has 2 N–H and O–H groups in total. The van der Waals surface area contributed by atoms with Crippen molar-refractivity contribution in [3.05, 3.63) is 89.0 Å². The maximum atomic E-state index is 12.7. The number of ether oxygens (including phenoxy) is 1. The molecule has 1 aliphatic rings. The first kappa shape index (κ1) is 21.6. The van der Waals surface area contributed by atoms with Crippen LogP contribution in [0, 0.1) is 6.92 Å². The first-order valence-electron chi connectivity index (χ1n) is 10.6. The lowest BCUT2D eigenvalue weighted by Gasteiger charge is -2.32. The molecule has 0 aromatic heterocycles. The molecule has 164 valence electrons. The largest absolute Gasteiger partial charge is 0.478 e. The third-order valence-electron chi connectivity index (χ3n) is 5.74. The van der Waals surface area contributed by atoms with E-state index in [1.807, 2.05) is 60.7 Å². The summed E-state index contributed by atoms with van der Waals surface area (Å²) in [6.45, 7) is 2.26. The molecule has 0 aliphatic carbocycles. The van der Waals surface area contributed by atoms with Gasteiger partial charge < -0.3 is 19.8 Å². The third-order valence-corrected chi connectivity index (χ3v) is 5.74. The molecule has 3 aromatic rings. The van der Waals surface area contributed by atoms with E-state index in [-0.39, 0.29) is 22.9 Å². The molecule has 32 heavy (non-hydrogen) atoms. The van der Waals surface area contributed by atoms with Crippen LogP contribution in [-0.2, 0) is 4.74 Å². The van der Waals surface area contributed by atoms with E-state index in [2.05, 4.69) is 0 Å². The summed E-state index contributed by atoms with van der Waals surface area (Å²) in [5, 5.41) is 20.5. The van der Waals surface area contributed by atoms with Crippen LogP contribution in [0.25, 0.3) is 0 Å². The van der Waals surface area contributed by atoms with Gasteiger partial charge in [-0.2, -0.15) is 0 Å².